The van der Waals surface area contributed by atoms with Gasteiger partial charge in [-0.1, -0.05) is 0 Å². The molecule has 0 aromatic carbocycles. The van der Waals surface area contributed by atoms with E-state index in [-0.39, 0.29) is 0 Å². The third-order valence-electron chi connectivity index (χ3n) is 1.88. The van der Waals surface area contributed by atoms with E-state index in [0.717, 1.165) is 11.5 Å². The predicted octanol–water partition coefficient (Wildman–Crippen LogP) is 1.85. The van der Waals surface area contributed by atoms with Crippen molar-refractivity contribution in [1.29, 1.82) is 0 Å². The summed E-state index contributed by atoms with van der Waals surface area (Å²) >= 11 is 0. The fourth-order valence-corrected chi connectivity index (χ4v) is 1.16. The van der Waals surface area contributed by atoms with Gasteiger partial charge in [-0.3, -0.25) is 4.68 Å². The lowest BCUT2D eigenvalue weighted by Crippen LogP contribution is -2.00. The monoisotopic (exact) mass is 176 g/mol. The molecule has 0 amide bonds. The van der Waals surface area contributed by atoms with Gasteiger partial charge in [0.05, 0.1) is 0 Å². The number of aromatic amines is 1. The number of nitrogens with one attached hydrogen (secondary N) is 1. The van der Waals surface area contributed by atoms with E-state index in [4.69, 9.17) is 0 Å². The second kappa shape index (κ2) is 3.05. The van der Waals surface area contributed by atoms with E-state index < -0.39 is 0 Å². The summed E-state index contributed by atoms with van der Waals surface area (Å²) in [6, 6.07) is 2.35. The Morgan fingerprint density at radius 1 is 1.46 bits per heavy atom. The smallest absolute Gasteiger partial charge is 0.157 e. The molecule has 4 nitrogen and oxygen atoms in total. The fraction of sp³-hybridized carbons (Fsp3) is 0.333. The van der Waals surface area contributed by atoms with Gasteiger partial charge in [-0.05, 0) is 19.9 Å². The zero-order valence-corrected chi connectivity index (χ0v) is 7.73. The average Bonchev–Trinajstić information content (AvgIpc) is 2.75. The maximum atomic E-state index is 4.38. The fourth-order valence-electron chi connectivity index (χ4n) is 1.16. The van der Waals surface area contributed by atoms with Gasteiger partial charge < -0.3 is 4.98 Å². The van der Waals surface area contributed by atoms with Crippen LogP contribution in [0, 0.1) is 0 Å². The molecular formula is C9H12N4. The molecule has 0 fully saturated rings. The van der Waals surface area contributed by atoms with Gasteiger partial charge in [0.1, 0.15) is 5.69 Å². The Morgan fingerprint density at radius 3 is 2.85 bits per heavy atom. The maximum Gasteiger partial charge on any atom is 0.157 e. The van der Waals surface area contributed by atoms with Gasteiger partial charge in [0.2, 0.25) is 0 Å². The van der Waals surface area contributed by atoms with Gasteiger partial charge in [0.15, 0.2) is 5.82 Å². The number of hydrogen-bond acceptors (Lipinski definition) is 2. The Balaban J connectivity index is 2.33. The first kappa shape index (κ1) is 8.04. The summed E-state index contributed by atoms with van der Waals surface area (Å²) in [6.07, 6.45) is 5.48. The summed E-state index contributed by atoms with van der Waals surface area (Å²) in [4.78, 5) is 7.15. The highest BCUT2D eigenvalue weighted by atomic mass is 15.3. The molecule has 0 bridgehead atoms. The number of imidazole rings is 1. The topological polar surface area (TPSA) is 46.5 Å². The Bertz CT molecular complexity index is 372. The summed E-state index contributed by atoms with van der Waals surface area (Å²) in [7, 11) is 0. The lowest BCUT2D eigenvalue weighted by Gasteiger charge is -2.02. The van der Waals surface area contributed by atoms with Gasteiger partial charge in [-0.25, -0.2) is 4.98 Å². The largest absolute Gasteiger partial charge is 0.343 e. The van der Waals surface area contributed by atoms with Crippen LogP contribution in [0.3, 0.4) is 0 Å². The minimum Gasteiger partial charge on any atom is -0.343 e. The molecule has 2 aromatic rings. The zero-order chi connectivity index (χ0) is 9.26. The van der Waals surface area contributed by atoms with E-state index in [1.54, 1.807) is 12.4 Å². The summed E-state index contributed by atoms with van der Waals surface area (Å²) in [5.74, 6) is 0.819. The Hall–Kier alpha value is -1.58. The second-order valence-corrected chi connectivity index (χ2v) is 3.21. The van der Waals surface area contributed by atoms with Crippen molar-refractivity contribution in [3.63, 3.8) is 0 Å². The first-order chi connectivity index (χ1) is 6.27. The number of aromatic nitrogens is 4. The van der Waals surface area contributed by atoms with Crippen molar-refractivity contribution in [3.8, 4) is 11.5 Å². The van der Waals surface area contributed by atoms with Crippen LogP contribution in [-0.2, 0) is 0 Å². The summed E-state index contributed by atoms with van der Waals surface area (Å²) in [6.45, 7) is 4.19. The average molecular weight is 176 g/mol. The van der Waals surface area contributed by atoms with Crippen LogP contribution < -0.4 is 0 Å². The van der Waals surface area contributed by atoms with E-state index >= 15 is 0 Å². The minimum atomic E-state index is 0.392. The molecule has 0 aliphatic heterocycles. The van der Waals surface area contributed by atoms with Gasteiger partial charge in [0, 0.05) is 24.6 Å². The van der Waals surface area contributed by atoms with E-state index in [1.807, 2.05) is 16.9 Å². The van der Waals surface area contributed by atoms with Crippen molar-refractivity contribution in [2.75, 3.05) is 0 Å². The number of hydrogen-bond donors (Lipinski definition) is 1. The Morgan fingerprint density at radius 2 is 2.31 bits per heavy atom. The lowest BCUT2D eigenvalue weighted by molar-refractivity contribution is 0.533. The van der Waals surface area contributed by atoms with E-state index in [1.165, 1.54) is 0 Å². The van der Waals surface area contributed by atoms with Crippen molar-refractivity contribution in [1.82, 2.24) is 19.7 Å². The van der Waals surface area contributed by atoms with E-state index in [2.05, 4.69) is 28.9 Å². The third-order valence-corrected chi connectivity index (χ3v) is 1.88. The van der Waals surface area contributed by atoms with Crippen LogP contribution in [0.1, 0.15) is 19.9 Å². The standard InChI is InChI=1S/C9H12N4/c1-7(2)13-6-3-8(12-13)9-10-4-5-11-9/h3-7H,1-2H3,(H,10,11). The van der Waals surface area contributed by atoms with Crippen LogP contribution in [0.5, 0.6) is 0 Å². The Labute approximate surface area is 76.6 Å². The van der Waals surface area contributed by atoms with Crippen LogP contribution in [0.2, 0.25) is 0 Å². The van der Waals surface area contributed by atoms with Crippen LogP contribution in [-0.4, -0.2) is 19.7 Å². The highest BCUT2D eigenvalue weighted by Crippen LogP contribution is 2.12. The quantitative estimate of drug-likeness (QED) is 0.759. The summed E-state index contributed by atoms with van der Waals surface area (Å²) < 4.78 is 1.91. The molecule has 0 unspecified atom stereocenters. The van der Waals surface area contributed by atoms with Crippen LogP contribution in [0.25, 0.3) is 11.5 Å². The van der Waals surface area contributed by atoms with Crippen LogP contribution in [0.15, 0.2) is 24.7 Å². The molecule has 0 radical (unpaired) electrons. The molecule has 0 saturated carbocycles. The molecule has 0 atom stereocenters. The molecule has 2 heterocycles. The van der Waals surface area contributed by atoms with E-state index in [9.17, 15) is 0 Å². The van der Waals surface area contributed by atoms with Crippen molar-refractivity contribution < 1.29 is 0 Å². The predicted molar refractivity (Wildman–Crippen MR) is 50.2 cm³/mol. The first-order valence-corrected chi connectivity index (χ1v) is 4.32. The molecule has 0 aliphatic rings. The van der Waals surface area contributed by atoms with Crippen molar-refractivity contribution in [2.24, 2.45) is 0 Å². The normalized spacial score (nSPS) is 11.0. The maximum absolute atomic E-state index is 4.38. The molecule has 0 aliphatic carbocycles. The van der Waals surface area contributed by atoms with Crippen molar-refractivity contribution in [3.05, 3.63) is 24.7 Å². The summed E-state index contributed by atoms with van der Waals surface area (Å²) in [5.41, 5.74) is 0.888. The molecule has 0 saturated heterocycles. The SMILES string of the molecule is CC(C)n1ccc(-c2ncc[nH]2)n1. The zero-order valence-electron chi connectivity index (χ0n) is 7.73. The molecule has 13 heavy (non-hydrogen) atoms. The lowest BCUT2D eigenvalue weighted by atomic mass is 10.4. The molecule has 0 spiro atoms. The molecule has 4 heteroatoms. The van der Waals surface area contributed by atoms with E-state index in [0.29, 0.717) is 6.04 Å². The highest BCUT2D eigenvalue weighted by Gasteiger charge is 2.05. The first-order valence-electron chi connectivity index (χ1n) is 4.32. The highest BCUT2D eigenvalue weighted by molar-refractivity contribution is 5.47. The van der Waals surface area contributed by atoms with Crippen LogP contribution in [0.4, 0.5) is 0 Å². The molecule has 2 aromatic heterocycles. The van der Waals surface area contributed by atoms with Crippen molar-refractivity contribution >= 4 is 0 Å². The Kier molecular flexibility index (Phi) is 1.88. The number of rotatable bonds is 2. The van der Waals surface area contributed by atoms with Gasteiger partial charge in [0.25, 0.3) is 0 Å². The van der Waals surface area contributed by atoms with Gasteiger partial charge in [-0.2, -0.15) is 5.10 Å². The number of nitrogens with zero attached hydrogens (tertiary/aromatic N) is 3. The summed E-state index contributed by atoms with van der Waals surface area (Å²) in [5, 5.41) is 4.38. The minimum absolute atomic E-state index is 0.392. The van der Waals surface area contributed by atoms with Crippen molar-refractivity contribution in [2.45, 2.75) is 19.9 Å². The molecule has 68 valence electrons. The molecule has 1 N–H and O–H groups in total. The van der Waals surface area contributed by atoms with Crippen LogP contribution >= 0.6 is 0 Å². The second-order valence-electron chi connectivity index (χ2n) is 3.21. The third kappa shape index (κ3) is 1.47. The van der Waals surface area contributed by atoms with Gasteiger partial charge in [-0.15, -0.1) is 0 Å². The molecule has 2 rings (SSSR count). The van der Waals surface area contributed by atoms with Gasteiger partial charge >= 0.3 is 0 Å². The molecular weight excluding hydrogens is 164 g/mol. The number of H-pyrrole nitrogens is 1.